The Labute approximate surface area is 105 Å². The van der Waals surface area contributed by atoms with E-state index < -0.39 is 15.4 Å². The third-order valence-corrected chi connectivity index (χ3v) is 4.35. The zero-order chi connectivity index (χ0) is 12.9. The van der Waals surface area contributed by atoms with E-state index in [-0.39, 0.29) is 5.75 Å². The third kappa shape index (κ3) is 7.01. The van der Waals surface area contributed by atoms with E-state index in [0.717, 1.165) is 6.61 Å². The summed E-state index contributed by atoms with van der Waals surface area (Å²) in [5, 5.41) is 5.05. The highest BCUT2D eigenvalue weighted by Gasteiger charge is 2.25. The highest BCUT2D eigenvalue weighted by molar-refractivity contribution is 7.89. The fraction of sp³-hybridized carbons (Fsp3) is 1.00. The first-order valence-electron chi connectivity index (χ1n) is 6.37. The second kappa shape index (κ2) is 6.16. The van der Waals surface area contributed by atoms with Gasteiger partial charge >= 0.3 is 0 Å². The molecule has 1 saturated carbocycles. The quantitative estimate of drug-likeness (QED) is 0.795. The number of sulfonamides is 1. The number of hydrogen-bond acceptors (Lipinski definition) is 3. The normalized spacial score (nSPS) is 19.5. The summed E-state index contributed by atoms with van der Waals surface area (Å²) in [6.07, 6.45) is 6.43. The lowest BCUT2D eigenvalue weighted by molar-refractivity contribution is 0.0400. The maximum absolute atomic E-state index is 11.0. The minimum Gasteiger partial charge on any atom is -0.381 e. The molecule has 4 nitrogen and oxygen atoms in total. The molecular weight excluding hydrogens is 238 g/mol. The van der Waals surface area contributed by atoms with Crippen LogP contribution in [0, 0.1) is 11.3 Å². The van der Waals surface area contributed by atoms with Gasteiger partial charge in [0, 0.05) is 12.0 Å². The van der Waals surface area contributed by atoms with Gasteiger partial charge in [-0.25, -0.2) is 13.6 Å². The first-order chi connectivity index (χ1) is 7.79. The number of ether oxygens (including phenoxy) is 1. The third-order valence-electron chi connectivity index (χ3n) is 3.16. The van der Waals surface area contributed by atoms with Crippen LogP contribution in [0.1, 0.15) is 46.0 Å². The molecule has 0 aromatic heterocycles. The summed E-state index contributed by atoms with van der Waals surface area (Å²) in [7, 11) is -3.42. The van der Waals surface area contributed by atoms with E-state index in [1.54, 1.807) is 0 Å². The summed E-state index contributed by atoms with van der Waals surface area (Å²) in [4.78, 5) is 0. The molecule has 0 heterocycles. The molecule has 0 unspecified atom stereocenters. The summed E-state index contributed by atoms with van der Waals surface area (Å²) < 4.78 is 27.7. The summed E-state index contributed by atoms with van der Waals surface area (Å²) in [6, 6.07) is 0. The van der Waals surface area contributed by atoms with Gasteiger partial charge in [0.2, 0.25) is 10.0 Å². The fourth-order valence-corrected chi connectivity index (χ4v) is 3.61. The van der Waals surface area contributed by atoms with Crippen LogP contribution in [0.5, 0.6) is 0 Å². The predicted molar refractivity (Wildman–Crippen MR) is 69.1 cm³/mol. The fourth-order valence-electron chi connectivity index (χ4n) is 2.44. The van der Waals surface area contributed by atoms with E-state index in [1.807, 2.05) is 13.8 Å². The predicted octanol–water partition coefficient (Wildman–Crippen LogP) is 1.90. The number of nitrogens with two attached hydrogens (primary N) is 1. The van der Waals surface area contributed by atoms with Gasteiger partial charge in [0.25, 0.3) is 0 Å². The molecule has 0 aromatic carbocycles. The maximum atomic E-state index is 11.0. The molecular formula is C12H25NO3S. The van der Waals surface area contributed by atoms with Gasteiger partial charge in [-0.15, -0.1) is 0 Å². The highest BCUT2D eigenvalue weighted by atomic mass is 32.2. The van der Waals surface area contributed by atoms with Crippen molar-refractivity contribution in [1.82, 2.24) is 0 Å². The van der Waals surface area contributed by atoms with Crippen LogP contribution >= 0.6 is 0 Å². The Morgan fingerprint density at radius 2 is 1.82 bits per heavy atom. The van der Waals surface area contributed by atoms with Gasteiger partial charge in [-0.3, -0.25) is 0 Å². The molecule has 0 aliphatic heterocycles. The van der Waals surface area contributed by atoms with Crippen LogP contribution in [0.4, 0.5) is 0 Å². The zero-order valence-electron chi connectivity index (χ0n) is 10.9. The Morgan fingerprint density at radius 3 is 2.35 bits per heavy atom. The zero-order valence-corrected chi connectivity index (χ0v) is 11.8. The van der Waals surface area contributed by atoms with Crippen molar-refractivity contribution in [1.29, 1.82) is 0 Å². The van der Waals surface area contributed by atoms with Crippen molar-refractivity contribution in [2.75, 3.05) is 19.0 Å². The molecule has 0 amide bonds. The Bertz CT molecular complexity index is 319. The molecule has 2 N–H and O–H groups in total. The first kappa shape index (κ1) is 14.9. The van der Waals surface area contributed by atoms with E-state index in [4.69, 9.17) is 9.88 Å². The Morgan fingerprint density at radius 1 is 1.24 bits per heavy atom. The van der Waals surface area contributed by atoms with Crippen molar-refractivity contribution in [3.63, 3.8) is 0 Å². The van der Waals surface area contributed by atoms with Crippen LogP contribution in [-0.2, 0) is 14.8 Å². The molecule has 0 spiro atoms. The van der Waals surface area contributed by atoms with Gasteiger partial charge in [-0.1, -0.05) is 33.1 Å². The molecule has 1 fully saturated rings. The van der Waals surface area contributed by atoms with Crippen LogP contribution in [0.15, 0.2) is 0 Å². The van der Waals surface area contributed by atoms with Gasteiger partial charge in [0.15, 0.2) is 0 Å². The van der Waals surface area contributed by atoms with Gasteiger partial charge in [-0.2, -0.15) is 0 Å². The Balaban J connectivity index is 2.24. The molecule has 0 bridgehead atoms. The summed E-state index contributed by atoms with van der Waals surface area (Å²) >= 11 is 0. The topological polar surface area (TPSA) is 69.4 Å². The van der Waals surface area contributed by atoms with E-state index in [0.29, 0.717) is 12.5 Å². The van der Waals surface area contributed by atoms with Crippen LogP contribution < -0.4 is 5.14 Å². The standard InChI is InChI=1S/C12H25NO3S/c1-12(2,10-17(13,14)15)9-16-8-11-6-4-3-5-7-11/h11H,3-10H2,1-2H3,(H2,13,14,15). The molecule has 0 atom stereocenters. The molecule has 102 valence electrons. The van der Waals surface area contributed by atoms with Crippen molar-refractivity contribution in [2.45, 2.75) is 46.0 Å². The molecule has 0 radical (unpaired) electrons. The van der Waals surface area contributed by atoms with Crippen molar-refractivity contribution in [2.24, 2.45) is 16.5 Å². The van der Waals surface area contributed by atoms with Crippen LogP contribution in [0.2, 0.25) is 0 Å². The van der Waals surface area contributed by atoms with Gasteiger partial charge < -0.3 is 4.74 Å². The second-order valence-corrected chi connectivity index (χ2v) is 7.60. The largest absolute Gasteiger partial charge is 0.381 e. The monoisotopic (exact) mass is 263 g/mol. The summed E-state index contributed by atoms with van der Waals surface area (Å²) in [5.41, 5.74) is -0.401. The smallest absolute Gasteiger partial charge is 0.209 e. The lowest BCUT2D eigenvalue weighted by Gasteiger charge is -2.26. The molecule has 5 heteroatoms. The van der Waals surface area contributed by atoms with E-state index >= 15 is 0 Å². The number of hydrogen-bond donors (Lipinski definition) is 1. The van der Waals surface area contributed by atoms with Crippen molar-refractivity contribution < 1.29 is 13.2 Å². The Kier molecular flexibility index (Phi) is 5.41. The minimum atomic E-state index is -3.42. The number of rotatable bonds is 6. The average molecular weight is 263 g/mol. The summed E-state index contributed by atoms with van der Waals surface area (Å²) in [6.45, 7) is 4.96. The molecule has 17 heavy (non-hydrogen) atoms. The lowest BCUT2D eigenvalue weighted by atomic mass is 9.90. The van der Waals surface area contributed by atoms with Crippen LogP contribution in [0.25, 0.3) is 0 Å². The van der Waals surface area contributed by atoms with E-state index in [9.17, 15) is 8.42 Å². The maximum Gasteiger partial charge on any atom is 0.209 e. The van der Waals surface area contributed by atoms with Crippen LogP contribution in [-0.4, -0.2) is 27.4 Å². The average Bonchev–Trinajstić information content (AvgIpc) is 2.15. The van der Waals surface area contributed by atoms with E-state index in [1.165, 1.54) is 32.1 Å². The van der Waals surface area contributed by atoms with Crippen molar-refractivity contribution >= 4 is 10.0 Å². The molecule has 1 rings (SSSR count). The molecule has 0 aromatic rings. The summed E-state index contributed by atoms with van der Waals surface area (Å²) in [5.74, 6) is 0.638. The van der Waals surface area contributed by atoms with Crippen molar-refractivity contribution in [3.8, 4) is 0 Å². The van der Waals surface area contributed by atoms with E-state index in [2.05, 4.69) is 0 Å². The van der Waals surface area contributed by atoms with Crippen molar-refractivity contribution in [3.05, 3.63) is 0 Å². The highest BCUT2D eigenvalue weighted by Crippen LogP contribution is 2.25. The molecule has 0 saturated heterocycles. The van der Waals surface area contributed by atoms with Crippen LogP contribution in [0.3, 0.4) is 0 Å². The SMILES string of the molecule is CC(C)(COCC1CCCCC1)CS(N)(=O)=O. The van der Waals surface area contributed by atoms with Gasteiger partial charge in [-0.05, 0) is 18.8 Å². The minimum absolute atomic E-state index is 0.0231. The number of primary sulfonamides is 1. The second-order valence-electron chi connectivity index (χ2n) is 5.99. The van der Waals surface area contributed by atoms with Gasteiger partial charge in [0.1, 0.15) is 0 Å². The Hall–Kier alpha value is -0.130. The van der Waals surface area contributed by atoms with Gasteiger partial charge in [0.05, 0.1) is 12.4 Å². The molecule has 1 aliphatic carbocycles. The molecule has 1 aliphatic rings. The first-order valence-corrected chi connectivity index (χ1v) is 8.08. The lowest BCUT2D eigenvalue weighted by Crippen LogP contribution is -2.33.